The standard InChI is InChI=1S/C25H29N5/c1-27-16-13-26-25(27)19-28-14-11-24(12-15-28)30-18-17-29(20-30)23-9-7-22(8-10-23)21-5-3-2-4-6-21/h2-10,13,16-18,24H,11-12,14-15,19-20H2,1H3. The molecule has 0 radical (unpaired) electrons. The number of hydrogen-bond donors (Lipinski definition) is 0. The van der Waals surface area contributed by atoms with Crippen molar-refractivity contribution in [3.63, 3.8) is 0 Å². The number of aryl methyl sites for hydroxylation is 1. The van der Waals surface area contributed by atoms with Crippen LogP contribution in [0.4, 0.5) is 5.69 Å². The summed E-state index contributed by atoms with van der Waals surface area (Å²) in [4.78, 5) is 11.8. The molecule has 0 amide bonds. The maximum atomic E-state index is 4.47. The topological polar surface area (TPSA) is 27.5 Å². The lowest BCUT2D eigenvalue weighted by atomic mass is 10.0. The van der Waals surface area contributed by atoms with Crippen LogP contribution in [0, 0.1) is 0 Å². The van der Waals surface area contributed by atoms with E-state index in [1.165, 1.54) is 29.7 Å². The zero-order valence-electron chi connectivity index (χ0n) is 17.6. The Morgan fingerprint density at radius 3 is 2.33 bits per heavy atom. The molecule has 5 nitrogen and oxygen atoms in total. The summed E-state index contributed by atoms with van der Waals surface area (Å²) in [5.74, 6) is 1.15. The molecule has 30 heavy (non-hydrogen) atoms. The molecule has 5 heteroatoms. The van der Waals surface area contributed by atoms with Gasteiger partial charge in [-0.15, -0.1) is 0 Å². The molecule has 1 saturated heterocycles. The second-order valence-electron chi connectivity index (χ2n) is 8.30. The molecular formula is C25H29N5. The molecule has 1 fully saturated rings. The van der Waals surface area contributed by atoms with E-state index < -0.39 is 0 Å². The van der Waals surface area contributed by atoms with Crippen LogP contribution in [0.25, 0.3) is 11.1 Å². The third-order valence-corrected chi connectivity index (χ3v) is 6.37. The van der Waals surface area contributed by atoms with Gasteiger partial charge in [0.15, 0.2) is 0 Å². The van der Waals surface area contributed by atoms with Crippen molar-refractivity contribution in [1.82, 2.24) is 19.4 Å². The van der Waals surface area contributed by atoms with Crippen LogP contribution in [0.1, 0.15) is 18.7 Å². The molecule has 3 aromatic rings. The lowest BCUT2D eigenvalue weighted by Gasteiger charge is -2.37. The number of benzene rings is 2. The third-order valence-electron chi connectivity index (χ3n) is 6.37. The molecule has 0 saturated carbocycles. The van der Waals surface area contributed by atoms with E-state index in [0.29, 0.717) is 6.04 Å². The lowest BCUT2D eigenvalue weighted by Crippen LogP contribution is -2.43. The van der Waals surface area contributed by atoms with Crippen molar-refractivity contribution in [1.29, 1.82) is 0 Å². The number of imidazole rings is 1. The van der Waals surface area contributed by atoms with E-state index in [2.05, 4.69) is 98.3 Å². The highest BCUT2D eigenvalue weighted by molar-refractivity contribution is 5.66. The second kappa shape index (κ2) is 8.36. The van der Waals surface area contributed by atoms with Crippen LogP contribution in [0.2, 0.25) is 0 Å². The summed E-state index contributed by atoms with van der Waals surface area (Å²) in [7, 11) is 2.07. The number of nitrogens with zero attached hydrogens (tertiary/aromatic N) is 5. The van der Waals surface area contributed by atoms with Crippen LogP contribution >= 0.6 is 0 Å². The first-order chi connectivity index (χ1) is 14.8. The van der Waals surface area contributed by atoms with E-state index in [1.54, 1.807) is 0 Å². The van der Waals surface area contributed by atoms with Gasteiger partial charge in [-0.25, -0.2) is 4.98 Å². The van der Waals surface area contributed by atoms with Crippen molar-refractivity contribution < 1.29 is 0 Å². The minimum Gasteiger partial charge on any atom is -0.355 e. The van der Waals surface area contributed by atoms with Crippen molar-refractivity contribution >= 4 is 5.69 Å². The van der Waals surface area contributed by atoms with Gasteiger partial charge in [-0.3, -0.25) is 4.90 Å². The van der Waals surface area contributed by atoms with Gasteiger partial charge in [-0.2, -0.15) is 0 Å². The zero-order valence-corrected chi connectivity index (χ0v) is 17.6. The molecule has 2 aliphatic rings. The van der Waals surface area contributed by atoms with Gasteiger partial charge in [-0.05, 0) is 36.1 Å². The first-order valence-corrected chi connectivity index (χ1v) is 10.8. The monoisotopic (exact) mass is 399 g/mol. The minimum atomic E-state index is 0.618. The molecule has 0 bridgehead atoms. The summed E-state index contributed by atoms with van der Waals surface area (Å²) in [5, 5.41) is 0. The fraction of sp³-hybridized carbons (Fsp3) is 0.320. The van der Waals surface area contributed by atoms with Crippen molar-refractivity contribution in [3.8, 4) is 11.1 Å². The summed E-state index contributed by atoms with van der Waals surface area (Å²) in [6, 6.07) is 20.1. The smallest absolute Gasteiger partial charge is 0.122 e. The molecule has 0 N–H and O–H groups in total. The molecule has 0 spiro atoms. The van der Waals surface area contributed by atoms with E-state index in [4.69, 9.17) is 0 Å². The molecule has 2 aliphatic heterocycles. The van der Waals surface area contributed by atoms with Gasteiger partial charge >= 0.3 is 0 Å². The number of anilines is 1. The second-order valence-corrected chi connectivity index (χ2v) is 8.30. The molecule has 0 atom stereocenters. The van der Waals surface area contributed by atoms with Gasteiger partial charge in [0.1, 0.15) is 5.82 Å². The molecular weight excluding hydrogens is 370 g/mol. The van der Waals surface area contributed by atoms with Crippen LogP contribution < -0.4 is 4.90 Å². The van der Waals surface area contributed by atoms with Crippen LogP contribution in [0.3, 0.4) is 0 Å². The average Bonchev–Trinajstić information content (AvgIpc) is 3.45. The Morgan fingerprint density at radius 1 is 0.900 bits per heavy atom. The number of piperidine rings is 1. The summed E-state index contributed by atoms with van der Waals surface area (Å²) < 4.78 is 2.12. The molecule has 0 unspecified atom stereocenters. The molecule has 2 aromatic carbocycles. The number of likely N-dealkylation sites (tertiary alicyclic amines) is 1. The minimum absolute atomic E-state index is 0.618. The van der Waals surface area contributed by atoms with E-state index in [9.17, 15) is 0 Å². The summed E-state index contributed by atoms with van der Waals surface area (Å²) in [5.41, 5.74) is 3.78. The first kappa shape index (κ1) is 18.9. The van der Waals surface area contributed by atoms with Gasteiger partial charge in [0, 0.05) is 56.7 Å². The fourth-order valence-corrected chi connectivity index (χ4v) is 4.48. The Hall–Kier alpha value is -3.05. The van der Waals surface area contributed by atoms with Crippen molar-refractivity contribution in [2.45, 2.75) is 25.4 Å². The Morgan fingerprint density at radius 2 is 1.63 bits per heavy atom. The Kier molecular flexibility index (Phi) is 5.28. The van der Waals surface area contributed by atoms with Gasteiger partial charge < -0.3 is 14.4 Å². The largest absolute Gasteiger partial charge is 0.355 e. The predicted molar refractivity (Wildman–Crippen MR) is 122 cm³/mol. The SMILES string of the molecule is Cn1ccnc1CN1CCC(N2C=CN(c3ccc(-c4ccccc4)cc3)C2)CC1. The zero-order chi connectivity index (χ0) is 20.3. The third kappa shape index (κ3) is 3.98. The van der Waals surface area contributed by atoms with Crippen LogP contribution in [-0.2, 0) is 13.6 Å². The summed E-state index contributed by atoms with van der Waals surface area (Å²) in [6.45, 7) is 4.15. The maximum Gasteiger partial charge on any atom is 0.122 e. The predicted octanol–water partition coefficient (Wildman–Crippen LogP) is 4.30. The fourth-order valence-electron chi connectivity index (χ4n) is 4.48. The Balaban J connectivity index is 1.15. The van der Waals surface area contributed by atoms with Crippen LogP contribution in [0.5, 0.6) is 0 Å². The Labute approximate surface area is 178 Å². The van der Waals surface area contributed by atoms with Crippen LogP contribution in [-0.4, -0.2) is 45.2 Å². The van der Waals surface area contributed by atoms with Gasteiger partial charge in [-0.1, -0.05) is 42.5 Å². The van der Waals surface area contributed by atoms with Crippen molar-refractivity contribution in [2.24, 2.45) is 7.05 Å². The number of rotatable bonds is 5. The summed E-state index contributed by atoms with van der Waals surface area (Å²) >= 11 is 0. The highest BCUT2D eigenvalue weighted by Crippen LogP contribution is 2.27. The van der Waals surface area contributed by atoms with E-state index >= 15 is 0 Å². The van der Waals surface area contributed by atoms with E-state index in [0.717, 1.165) is 32.1 Å². The van der Waals surface area contributed by atoms with E-state index in [1.807, 2.05) is 12.4 Å². The van der Waals surface area contributed by atoms with Crippen molar-refractivity contribution in [3.05, 3.63) is 85.2 Å². The maximum absolute atomic E-state index is 4.47. The molecule has 5 rings (SSSR count). The normalized spacial score (nSPS) is 17.8. The first-order valence-electron chi connectivity index (χ1n) is 10.8. The van der Waals surface area contributed by atoms with Crippen molar-refractivity contribution in [2.75, 3.05) is 24.7 Å². The molecule has 154 valence electrons. The number of hydrogen-bond acceptors (Lipinski definition) is 4. The quantitative estimate of drug-likeness (QED) is 0.639. The summed E-state index contributed by atoms with van der Waals surface area (Å²) in [6.07, 6.45) is 10.8. The van der Waals surface area contributed by atoms with E-state index in [-0.39, 0.29) is 0 Å². The highest BCUT2D eigenvalue weighted by atomic mass is 15.4. The molecule has 0 aliphatic carbocycles. The highest BCUT2D eigenvalue weighted by Gasteiger charge is 2.26. The van der Waals surface area contributed by atoms with Gasteiger partial charge in [0.25, 0.3) is 0 Å². The molecule has 3 heterocycles. The van der Waals surface area contributed by atoms with Gasteiger partial charge in [0.2, 0.25) is 0 Å². The number of aromatic nitrogens is 2. The van der Waals surface area contributed by atoms with Gasteiger partial charge in [0.05, 0.1) is 13.2 Å². The lowest BCUT2D eigenvalue weighted by molar-refractivity contribution is 0.139. The average molecular weight is 400 g/mol. The van der Waals surface area contributed by atoms with Crippen LogP contribution in [0.15, 0.2) is 79.4 Å². The molecule has 1 aromatic heterocycles. The Bertz CT molecular complexity index is 984.